The van der Waals surface area contributed by atoms with Crippen LogP contribution in [0.4, 0.5) is 0 Å². The molecule has 0 N–H and O–H groups in total. The van der Waals surface area contributed by atoms with Crippen molar-refractivity contribution in [3.8, 4) is 0 Å². The first-order chi connectivity index (χ1) is 3.72. The van der Waals surface area contributed by atoms with E-state index in [0.29, 0.717) is 0 Å². The van der Waals surface area contributed by atoms with Crippen molar-refractivity contribution in [3.63, 3.8) is 0 Å². The molecule has 1 heteroatoms. The van der Waals surface area contributed by atoms with Gasteiger partial charge in [0, 0.05) is 0 Å². The normalized spacial score (nSPS) is 19.8. The second kappa shape index (κ2) is 2.13. The van der Waals surface area contributed by atoms with Crippen molar-refractivity contribution in [2.75, 3.05) is 0 Å². The Morgan fingerprint density at radius 1 is 1.50 bits per heavy atom. The first-order valence-electron chi connectivity index (χ1n) is 3.05. The third-order valence-corrected chi connectivity index (χ3v) is 1.95. The summed E-state index contributed by atoms with van der Waals surface area (Å²) in [7, 11) is 0. The molecule has 0 aromatic carbocycles. The van der Waals surface area contributed by atoms with Gasteiger partial charge in [-0.1, -0.05) is 0 Å². The van der Waals surface area contributed by atoms with Crippen molar-refractivity contribution in [2.45, 2.75) is 20.3 Å². The molecule has 0 aromatic heterocycles. The summed E-state index contributed by atoms with van der Waals surface area (Å²) in [5, 5.41) is 0. The van der Waals surface area contributed by atoms with Crippen molar-refractivity contribution in [1.82, 2.24) is 0 Å². The van der Waals surface area contributed by atoms with Crippen LogP contribution in [0.25, 0.3) is 0 Å². The summed E-state index contributed by atoms with van der Waals surface area (Å²) in [5.41, 5.74) is 2.95. The molecule has 0 nitrogen and oxygen atoms in total. The first-order valence-corrected chi connectivity index (χ1v) is 3.05. The molecule has 0 amide bonds. The van der Waals surface area contributed by atoms with Crippen molar-refractivity contribution in [3.05, 3.63) is 21.5 Å². The van der Waals surface area contributed by atoms with Gasteiger partial charge in [0.1, 0.15) is 0 Å². The molecule has 0 saturated heterocycles. The summed E-state index contributed by atoms with van der Waals surface area (Å²) in [6, 6.07) is 0. The zero-order valence-corrected chi connectivity index (χ0v) is 5.78. The van der Waals surface area contributed by atoms with E-state index in [0.717, 1.165) is 0 Å². The maximum atomic E-state index is 2.28. The zero-order valence-electron chi connectivity index (χ0n) is 5.78. The fourth-order valence-corrected chi connectivity index (χ4v) is 0.949. The third kappa shape index (κ3) is 0.916. The number of hydrogen-bond donors (Lipinski definition) is 0. The number of rotatable bonds is 0. The molecule has 0 aromatic rings. The summed E-state index contributed by atoms with van der Waals surface area (Å²) >= 11 is 2.20. The molecule has 8 heavy (non-hydrogen) atoms. The third-order valence-electron chi connectivity index (χ3n) is 1.95. The summed E-state index contributed by atoms with van der Waals surface area (Å²) in [6.07, 6.45) is 3.46. The standard InChI is InChI=1S/C7H9.Li/c1-6-4-3-5-7(6)2;/h4H,3H2,1-2H3;. The second-order valence-electron chi connectivity index (χ2n) is 2.50. The van der Waals surface area contributed by atoms with Crippen molar-refractivity contribution >= 4 is 17.7 Å². The molecule has 0 heterocycles. The van der Waals surface area contributed by atoms with Crippen LogP contribution in [0.5, 0.6) is 0 Å². The summed E-state index contributed by atoms with van der Waals surface area (Å²) in [4.78, 5) is 0. The van der Waals surface area contributed by atoms with E-state index in [2.05, 4.69) is 37.6 Å². The Hall–Kier alpha value is 0.0774. The molecule has 0 fully saturated rings. The molecule has 0 spiro atoms. The molecule has 0 saturated carbocycles. The van der Waals surface area contributed by atoms with Gasteiger partial charge in [-0.3, -0.25) is 0 Å². The molecule has 0 aliphatic heterocycles. The Bertz CT molecular complexity index is 158. The van der Waals surface area contributed by atoms with Gasteiger partial charge in [-0.05, 0) is 0 Å². The van der Waals surface area contributed by atoms with E-state index in [-0.39, 0.29) is 0 Å². The van der Waals surface area contributed by atoms with E-state index in [1.165, 1.54) is 21.8 Å². The number of allylic oxidation sites excluding steroid dienone is 4. The van der Waals surface area contributed by atoms with E-state index < -0.39 is 0 Å². The molecular formula is C7H9Li. The summed E-state index contributed by atoms with van der Waals surface area (Å²) in [5.74, 6) is 0. The van der Waals surface area contributed by atoms with Crippen LogP contribution in [0, 0.1) is 0 Å². The van der Waals surface area contributed by atoms with Gasteiger partial charge in [0.05, 0.1) is 0 Å². The van der Waals surface area contributed by atoms with Crippen molar-refractivity contribution in [2.24, 2.45) is 0 Å². The quantitative estimate of drug-likeness (QED) is 0.407. The second-order valence-corrected chi connectivity index (χ2v) is 2.50. The van der Waals surface area contributed by atoms with Crippen LogP contribution >= 0.6 is 0 Å². The molecule has 0 unspecified atom stereocenters. The topological polar surface area (TPSA) is 0 Å². The van der Waals surface area contributed by atoms with Crippen LogP contribution in [-0.4, -0.2) is 17.7 Å². The number of hydrogen-bond acceptors (Lipinski definition) is 0. The van der Waals surface area contributed by atoms with Crippen molar-refractivity contribution < 1.29 is 0 Å². The average Bonchev–Trinajstić information content (AvgIpc) is 1.98. The van der Waals surface area contributed by atoms with E-state index in [9.17, 15) is 0 Å². The summed E-state index contributed by atoms with van der Waals surface area (Å²) < 4.78 is 1.53. The van der Waals surface area contributed by atoms with Crippen LogP contribution < -0.4 is 0 Å². The fraction of sp³-hybridized carbons (Fsp3) is 0.429. The van der Waals surface area contributed by atoms with E-state index >= 15 is 0 Å². The SMILES string of the molecule is [Li][C]1=C(C)C(C)=CC1. The first kappa shape index (κ1) is 6.20. The minimum absolute atomic E-state index is 1.18. The van der Waals surface area contributed by atoms with Gasteiger partial charge in [0.15, 0.2) is 0 Å². The van der Waals surface area contributed by atoms with Crippen LogP contribution in [-0.2, 0) is 0 Å². The monoisotopic (exact) mass is 100 g/mol. The Morgan fingerprint density at radius 2 is 2.12 bits per heavy atom. The predicted octanol–water partition coefficient (Wildman–Crippen LogP) is 1.78. The average molecular weight is 100 g/mol. The van der Waals surface area contributed by atoms with Gasteiger partial charge >= 0.3 is 59.5 Å². The van der Waals surface area contributed by atoms with Gasteiger partial charge in [-0.2, -0.15) is 0 Å². The van der Waals surface area contributed by atoms with Crippen LogP contribution in [0.2, 0.25) is 0 Å². The van der Waals surface area contributed by atoms with Gasteiger partial charge in [0.25, 0.3) is 0 Å². The van der Waals surface area contributed by atoms with Crippen molar-refractivity contribution in [1.29, 1.82) is 0 Å². The van der Waals surface area contributed by atoms with Crippen LogP contribution in [0.1, 0.15) is 20.3 Å². The molecular weight excluding hydrogens is 91.0 g/mol. The molecule has 38 valence electrons. The molecule has 0 atom stereocenters. The summed E-state index contributed by atoms with van der Waals surface area (Å²) in [6.45, 7) is 4.36. The molecule has 1 aliphatic rings. The van der Waals surface area contributed by atoms with Gasteiger partial charge in [-0.15, -0.1) is 0 Å². The zero-order chi connectivity index (χ0) is 6.15. The van der Waals surface area contributed by atoms with Crippen LogP contribution in [0.3, 0.4) is 0 Å². The van der Waals surface area contributed by atoms with Gasteiger partial charge in [0.2, 0.25) is 0 Å². The fourth-order valence-electron chi connectivity index (χ4n) is 0.949. The predicted molar refractivity (Wildman–Crippen MR) is 36.8 cm³/mol. The Kier molecular flexibility index (Phi) is 1.65. The Morgan fingerprint density at radius 3 is 2.25 bits per heavy atom. The van der Waals surface area contributed by atoms with E-state index in [1.807, 2.05) is 0 Å². The maximum absolute atomic E-state index is 2.28. The Labute approximate surface area is 59.9 Å². The Balaban J connectivity index is 2.88. The molecule has 1 aliphatic carbocycles. The minimum atomic E-state index is 1.18. The van der Waals surface area contributed by atoms with Gasteiger partial charge in [-0.25, -0.2) is 0 Å². The van der Waals surface area contributed by atoms with Gasteiger partial charge < -0.3 is 0 Å². The van der Waals surface area contributed by atoms with E-state index in [1.54, 1.807) is 0 Å². The molecule has 0 bridgehead atoms. The van der Waals surface area contributed by atoms with Crippen LogP contribution in [0.15, 0.2) is 21.5 Å². The molecule has 0 radical (unpaired) electrons. The van der Waals surface area contributed by atoms with E-state index in [4.69, 9.17) is 0 Å². The molecule has 1 rings (SSSR count).